The van der Waals surface area contributed by atoms with Crippen molar-refractivity contribution in [2.24, 2.45) is 0 Å². The molecule has 0 saturated heterocycles. The molecule has 0 spiro atoms. The summed E-state index contributed by atoms with van der Waals surface area (Å²) in [7, 11) is 0. The average molecular weight is 245 g/mol. The Morgan fingerprint density at radius 2 is 2.27 bits per heavy atom. The van der Waals surface area contributed by atoms with Crippen molar-refractivity contribution in [3.8, 4) is 5.75 Å². The molecule has 0 N–H and O–H groups in total. The lowest BCUT2D eigenvalue weighted by atomic mass is 10.1. The van der Waals surface area contributed by atoms with Crippen LogP contribution in [0.25, 0.3) is 0 Å². The topological polar surface area (TPSA) is 26.3 Å². The molecule has 2 nitrogen and oxygen atoms in total. The predicted octanol–water partition coefficient (Wildman–Crippen LogP) is 2.72. The molecule has 1 rings (SSSR count). The SMILES string of the molecule is CCOc1cccc(CC(=O)CCl)c1S. The molecule has 0 atom stereocenters. The minimum absolute atomic E-state index is 0.0133. The normalized spacial score (nSPS) is 10.1. The summed E-state index contributed by atoms with van der Waals surface area (Å²) in [6.45, 7) is 2.49. The number of thiol groups is 1. The van der Waals surface area contributed by atoms with Crippen molar-refractivity contribution in [1.82, 2.24) is 0 Å². The molecule has 0 amide bonds. The van der Waals surface area contributed by atoms with Gasteiger partial charge < -0.3 is 4.74 Å². The highest BCUT2D eigenvalue weighted by molar-refractivity contribution is 7.80. The lowest BCUT2D eigenvalue weighted by Gasteiger charge is -2.09. The fraction of sp³-hybridized carbons (Fsp3) is 0.364. The summed E-state index contributed by atoms with van der Waals surface area (Å²) in [6.07, 6.45) is 0.309. The monoisotopic (exact) mass is 244 g/mol. The van der Waals surface area contributed by atoms with Crippen LogP contribution < -0.4 is 4.74 Å². The van der Waals surface area contributed by atoms with Crippen LogP contribution >= 0.6 is 24.2 Å². The number of benzene rings is 1. The van der Waals surface area contributed by atoms with Gasteiger partial charge in [-0.1, -0.05) is 12.1 Å². The van der Waals surface area contributed by atoms with E-state index in [1.807, 2.05) is 25.1 Å². The fourth-order valence-electron chi connectivity index (χ4n) is 1.24. The Labute approximate surface area is 100.0 Å². The Morgan fingerprint density at radius 3 is 2.87 bits per heavy atom. The second kappa shape index (κ2) is 6.03. The van der Waals surface area contributed by atoms with Gasteiger partial charge in [0.25, 0.3) is 0 Å². The number of halogens is 1. The summed E-state index contributed by atoms with van der Waals surface area (Å²) in [5.41, 5.74) is 0.856. The van der Waals surface area contributed by atoms with E-state index in [2.05, 4.69) is 12.6 Å². The number of Topliss-reactive ketones (excluding diaryl/α,β-unsaturated/α-hetero) is 1. The van der Waals surface area contributed by atoms with Crippen LogP contribution in [-0.2, 0) is 11.2 Å². The fourth-order valence-corrected chi connectivity index (χ4v) is 1.63. The van der Waals surface area contributed by atoms with Gasteiger partial charge in [0.05, 0.1) is 12.5 Å². The van der Waals surface area contributed by atoms with E-state index in [0.717, 1.165) is 10.5 Å². The molecular weight excluding hydrogens is 232 g/mol. The Hall–Kier alpha value is -0.670. The molecule has 1 aromatic rings. The third-order valence-electron chi connectivity index (χ3n) is 1.92. The first-order valence-corrected chi connectivity index (χ1v) is 5.68. The zero-order valence-corrected chi connectivity index (χ0v) is 10.1. The maximum atomic E-state index is 11.2. The number of carbonyl (C=O) groups excluding carboxylic acids is 1. The van der Waals surface area contributed by atoms with Gasteiger partial charge in [0.1, 0.15) is 5.75 Å². The molecule has 0 fully saturated rings. The highest BCUT2D eigenvalue weighted by atomic mass is 35.5. The van der Waals surface area contributed by atoms with Gasteiger partial charge in [-0.3, -0.25) is 4.79 Å². The van der Waals surface area contributed by atoms with Gasteiger partial charge in [0, 0.05) is 11.3 Å². The number of alkyl halides is 1. The van der Waals surface area contributed by atoms with Crippen LogP contribution in [0.1, 0.15) is 12.5 Å². The number of ether oxygens (including phenoxy) is 1. The summed E-state index contributed by atoms with van der Waals surface area (Å²) < 4.78 is 5.37. The van der Waals surface area contributed by atoms with E-state index in [9.17, 15) is 4.79 Å². The standard InChI is InChI=1S/C11H13ClO2S/c1-2-14-10-5-3-4-8(11(10)15)6-9(13)7-12/h3-5,15H,2,6-7H2,1H3. The van der Waals surface area contributed by atoms with Gasteiger partial charge >= 0.3 is 0 Å². The van der Waals surface area contributed by atoms with Crippen molar-refractivity contribution >= 4 is 30.0 Å². The summed E-state index contributed by atoms with van der Waals surface area (Å²) in [4.78, 5) is 11.9. The van der Waals surface area contributed by atoms with Crippen molar-refractivity contribution in [3.63, 3.8) is 0 Å². The molecule has 0 bridgehead atoms. The quantitative estimate of drug-likeness (QED) is 0.637. The smallest absolute Gasteiger partial charge is 0.151 e. The van der Waals surface area contributed by atoms with E-state index in [-0.39, 0.29) is 11.7 Å². The molecular formula is C11H13ClO2S. The summed E-state index contributed by atoms with van der Waals surface area (Å²) >= 11 is 9.79. The number of rotatable bonds is 5. The van der Waals surface area contributed by atoms with Gasteiger partial charge in [-0.25, -0.2) is 0 Å². The Bertz CT molecular complexity index is 352. The maximum absolute atomic E-state index is 11.2. The molecule has 0 aromatic heterocycles. The summed E-state index contributed by atoms with van der Waals surface area (Å²) in [5, 5.41) is 0. The molecule has 1 aromatic carbocycles. The van der Waals surface area contributed by atoms with Crippen LogP contribution in [-0.4, -0.2) is 18.3 Å². The van der Waals surface area contributed by atoms with E-state index in [4.69, 9.17) is 16.3 Å². The van der Waals surface area contributed by atoms with Gasteiger partial charge in [0.2, 0.25) is 0 Å². The van der Waals surface area contributed by atoms with Gasteiger partial charge in [-0.15, -0.1) is 24.2 Å². The first kappa shape index (κ1) is 12.4. The molecule has 15 heavy (non-hydrogen) atoms. The molecule has 82 valence electrons. The van der Waals surface area contributed by atoms with E-state index in [1.165, 1.54) is 0 Å². The average Bonchev–Trinajstić information content (AvgIpc) is 2.24. The zero-order valence-electron chi connectivity index (χ0n) is 8.50. The maximum Gasteiger partial charge on any atom is 0.151 e. The van der Waals surface area contributed by atoms with Crippen molar-refractivity contribution < 1.29 is 9.53 Å². The third-order valence-corrected chi connectivity index (χ3v) is 2.72. The largest absolute Gasteiger partial charge is 0.493 e. The van der Waals surface area contributed by atoms with E-state index >= 15 is 0 Å². The van der Waals surface area contributed by atoms with Gasteiger partial charge in [-0.05, 0) is 18.6 Å². The first-order valence-electron chi connectivity index (χ1n) is 4.70. The van der Waals surface area contributed by atoms with E-state index < -0.39 is 0 Å². The van der Waals surface area contributed by atoms with Gasteiger partial charge in [-0.2, -0.15) is 0 Å². The van der Waals surface area contributed by atoms with E-state index in [1.54, 1.807) is 0 Å². The number of hydrogen-bond acceptors (Lipinski definition) is 3. The molecule has 0 aliphatic rings. The van der Waals surface area contributed by atoms with Crippen molar-refractivity contribution in [2.45, 2.75) is 18.2 Å². The summed E-state index contributed by atoms with van der Waals surface area (Å²) in [5.74, 6) is 0.729. The van der Waals surface area contributed by atoms with Crippen LogP contribution in [0.3, 0.4) is 0 Å². The van der Waals surface area contributed by atoms with Crippen LogP contribution in [0.5, 0.6) is 5.75 Å². The number of ketones is 1. The lowest BCUT2D eigenvalue weighted by molar-refractivity contribution is -0.116. The molecule has 0 radical (unpaired) electrons. The molecule has 0 aliphatic carbocycles. The first-order chi connectivity index (χ1) is 7.19. The molecule has 0 unspecified atom stereocenters. The van der Waals surface area contributed by atoms with Crippen LogP contribution in [0.2, 0.25) is 0 Å². The molecule has 0 aliphatic heterocycles. The zero-order chi connectivity index (χ0) is 11.3. The predicted molar refractivity (Wildman–Crippen MR) is 64.3 cm³/mol. The lowest BCUT2D eigenvalue weighted by Crippen LogP contribution is -2.05. The van der Waals surface area contributed by atoms with Crippen LogP contribution in [0.4, 0.5) is 0 Å². The Morgan fingerprint density at radius 1 is 1.53 bits per heavy atom. The van der Waals surface area contributed by atoms with Crippen LogP contribution in [0.15, 0.2) is 23.1 Å². The van der Waals surface area contributed by atoms with Crippen molar-refractivity contribution in [3.05, 3.63) is 23.8 Å². The van der Waals surface area contributed by atoms with Crippen LogP contribution in [0, 0.1) is 0 Å². The minimum atomic E-state index is -0.0133. The molecule has 0 heterocycles. The molecule has 0 saturated carbocycles. The van der Waals surface area contributed by atoms with Gasteiger partial charge in [0.15, 0.2) is 5.78 Å². The molecule has 4 heteroatoms. The minimum Gasteiger partial charge on any atom is -0.493 e. The number of carbonyl (C=O) groups is 1. The Balaban J connectivity index is 2.88. The third kappa shape index (κ3) is 3.43. The summed E-state index contributed by atoms with van der Waals surface area (Å²) in [6, 6.07) is 5.54. The van der Waals surface area contributed by atoms with Crippen molar-refractivity contribution in [1.29, 1.82) is 0 Å². The second-order valence-corrected chi connectivity index (χ2v) is 3.76. The van der Waals surface area contributed by atoms with E-state index in [0.29, 0.717) is 18.8 Å². The highest BCUT2D eigenvalue weighted by Crippen LogP contribution is 2.26. The second-order valence-electron chi connectivity index (χ2n) is 3.05. The Kier molecular flexibility index (Phi) is 4.99. The number of hydrogen-bond donors (Lipinski definition) is 1. The highest BCUT2D eigenvalue weighted by Gasteiger charge is 2.08. The van der Waals surface area contributed by atoms with Crippen molar-refractivity contribution in [2.75, 3.05) is 12.5 Å².